The number of aliphatic hydroxyl groups excluding tert-OH is 1. The molecule has 0 saturated carbocycles. The number of ketones is 1. The molecule has 0 amide bonds. The first-order chi connectivity index (χ1) is 13.7. The van der Waals surface area contributed by atoms with Crippen LogP contribution < -0.4 is 5.32 Å². The second-order valence-corrected chi connectivity index (χ2v) is 6.31. The number of benzene rings is 2. The SMILES string of the molecule is CC(=O)c1cccc(-c2nc(NCCO)c3ncn(-c4ccccc4)c3n2)c1. The van der Waals surface area contributed by atoms with Crippen LogP contribution in [0.25, 0.3) is 28.2 Å². The van der Waals surface area contributed by atoms with Crippen LogP contribution in [0, 0.1) is 0 Å². The molecule has 2 aromatic carbocycles. The first-order valence-corrected chi connectivity index (χ1v) is 8.94. The van der Waals surface area contributed by atoms with Crippen LogP contribution in [0.4, 0.5) is 5.82 Å². The molecule has 0 aliphatic heterocycles. The number of aromatic nitrogens is 4. The lowest BCUT2D eigenvalue weighted by atomic mass is 10.1. The highest BCUT2D eigenvalue weighted by Crippen LogP contribution is 2.26. The van der Waals surface area contributed by atoms with E-state index in [0.717, 1.165) is 11.3 Å². The predicted octanol–water partition coefficient (Wildman–Crippen LogP) is 3.09. The highest BCUT2D eigenvalue weighted by Gasteiger charge is 2.15. The lowest BCUT2D eigenvalue weighted by Gasteiger charge is -2.09. The van der Waals surface area contributed by atoms with Gasteiger partial charge in [-0.1, -0.05) is 36.4 Å². The van der Waals surface area contributed by atoms with Crippen LogP contribution in [0.15, 0.2) is 60.9 Å². The summed E-state index contributed by atoms with van der Waals surface area (Å²) in [6, 6.07) is 17.0. The molecule has 2 aromatic heterocycles. The zero-order valence-corrected chi connectivity index (χ0v) is 15.3. The van der Waals surface area contributed by atoms with Gasteiger partial charge in [-0.3, -0.25) is 9.36 Å². The Hall–Kier alpha value is -3.58. The van der Waals surface area contributed by atoms with E-state index in [0.29, 0.717) is 34.9 Å². The number of fused-ring (bicyclic) bond motifs is 1. The van der Waals surface area contributed by atoms with E-state index in [2.05, 4.69) is 15.3 Å². The number of para-hydroxylation sites is 1. The number of hydrogen-bond acceptors (Lipinski definition) is 6. The van der Waals surface area contributed by atoms with E-state index in [-0.39, 0.29) is 12.4 Å². The molecular weight excluding hydrogens is 354 g/mol. The molecule has 0 aliphatic rings. The van der Waals surface area contributed by atoms with E-state index < -0.39 is 0 Å². The molecule has 0 spiro atoms. The minimum Gasteiger partial charge on any atom is -0.395 e. The third-order valence-electron chi connectivity index (χ3n) is 4.36. The molecule has 0 bridgehead atoms. The van der Waals surface area contributed by atoms with Gasteiger partial charge in [-0.2, -0.15) is 0 Å². The smallest absolute Gasteiger partial charge is 0.170 e. The molecule has 2 N–H and O–H groups in total. The Labute approximate surface area is 161 Å². The quantitative estimate of drug-likeness (QED) is 0.505. The molecule has 7 heteroatoms. The molecule has 0 aliphatic carbocycles. The van der Waals surface area contributed by atoms with Crippen molar-refractivity contribution >= 4 is 22.8 Å². The third-order valence-corrected chi connectivity index (χ3v) is 4.36. The van der Waals surface area contributed by atoms with E-state index in [1.165, 1.54) is 6.92 Å². The van der Waals surface area contributed by atoms with Crippen LogP contribution in [0.5, 0.6) is 0 Å². The lowest BCUT2D eigenvalue weighted by molar-refractivity contribution is 0.101. The maximum absolute atomic E-state index is 11.8. The van der Waals surface area contributed by atoms with Gasteiger partial charge in [-0.05, 0) is 25.1 Å². The Bertz CT molecular complexity index is 1140. The first kappa shape index (κ1) is 17.8. The standard InChI is InChI=1S/C21H19N5O2/c1-14(28)15-6-5-7-16(12-15)19-24-20(22-10-11-27)18-21(25-19)26(13-23-18)17-8-3-2-4-9-17/h2-9,12-13,27H,10-11H2,1H3,(H,22,24,25). The fraction of sp³-hybridized carbons (Fsp3) is 0.143. The summed E-state index contributed by atoms with van der Waals surface area (Å²) in [6.45, 7) is 1.85. The van der Waals surface area contributed by atoms with Crippen molar-refractivity contribution in [2.24, 2.45) is 0 Å². The number of hydrogen-bond donors (Lipinski definition) is 2. The highest BCUT2D eigenvalue weighted by atomic mass is 16.3. The average Bonchev–Trinajstić information content (AvgIpc) is 3.17. The molecule has 4 aromatic rings. The second-order valence-electron chi connectivity index (χ2n) is 6.31. The van der Waals surface area contributed by atoms with E-state index in [9.17, 15) is 9.90 Å². The fourth-order valence-corrected chi connectivity index (χ4v) is 2.98. The predicted molar refractivity (Wildman–Crippen MR) is 108 cm³/mol. The van der Waals surface area contributed by atoms with Crippen LogP contribution in [-0.2, 0) is 0 Å². The van der Waals surface area contributed by atoms with Crippen LogP contribution in [0.3, 0.4) is 0 Å². The molecule has 0 radical (unpaired) electrons. The van der Waals surface area contributed by atoms with Crippen molar-refractivity contribution in [3.63, 3.8) is 0 Å². The van der Waals surface area contributed by atoms with Gasteiger partial charge in [0.2, 0.25) is 0 Å². The minimum absolute atomic E-state index is 0.0177. The van der Waals surface area contributed by atoms with Crippen molar-refractivity contribution in [1.29, 1.82) is 0 Å². The van der Waals surface area contributed by atoms with Crippen molar-refractivity contribution in [2.45, 2.75) is 6.92 Å². The van der Waals surface area contributed by atoms with Gasteiger partial charge < -0.3 is 10.4 Å². The average molecular weight is 373 g/mol. The molecule has 4 rings (SSSR count). The Balaban J connectivity index is 1.92. The molecule has 28 heavy (non-hydrogen) atoms. The summed E-state index contributed by atoms with van der Waals surface area (Å²) in [7, 11) is 0. The summed E-state index contributed by atoms with van der Waals surface area (Å²) < 4.78 is 1.89. The number of nitrogens with one attached hydrogen (secondary N) is 1. The Morgan fingerprint density at radius 3 is 2.68 bits per heavy atom. The summed E-state index contributed by atoms with van der Waals surface area (Å²) in [4.78, 5) is 25.5. The van der Waals surface area contributed by atoms with E-state index in [4.69, 9.17) is 4.98 Å². The normalized spacial score (nSPS) is 10.9. The largest absolute Gasteiger partial charge is 0.395 e. The minimum atomic E-state index is -0.0277. The van der Waals surface area contributed by atoms with Gasteiger partial charge in [0.25, 0.3) is 0 Å². The molecular formula is C21H19N5O2. The number of imidazole rings is 1. The highest BCUT2D eigenvalue weighted by molar-refractivity contribution is 5.95. The summed E-state index contributed by atoms with van der Waals surface area (Å²) in [5, 5.41) is 12.3. The maximum Gasteiger partial charge on any atom is 0.170 e. The van der Waals surface area contributed by atoms with Crippen LogP contribution >= 0.6 is 0 Å². The molecule has 0 unspecified atom stereocenters. The first-order valence-electron chi connectivity index (χ1n) is 8.94. The van der Waals surface area contributed by atoms with Gasteiger partial charge in [-0.25, -0.2) is 15.0 Å². The molecule has 0 atom stereocenters. The van der Waals surface area contributed by atoms with Crippen molar-refractivity contribution in [1.82, 2.24) is 19.5 Å². The number of carbonyl (C=O) groups excluding carboxylic acids is 1. The molecule has 2 heterocycles. The van der Waals surface area contributed by atoms with Gasteiger partial charge in [0.1, 0.15) is 6.33 Å². The van der Waals surface area contributed by atoms with Gasteiger partial charge >= 0.3 is 0 Å². The fourth-order valence-electron chi connectivity index (χ4n) is 2.98. The summed E-state index contributed by atoms with van der Waals surface area (Å²) in [6.07, 6.45) is 1.70. The topological polar surface area (TPSA) is 92.9 Å². The Morgan fingerprint density at radius 2 is 1.93 bits per heavy atom. The van der Waals surface area contributed by atoms with Crippen molar-refractivity contribution < 1.29 is 9.90 Å². The lowest BCUT2D eigenvalue weighted by Crippen LogP contribution is -2.09. The van der Waals surface area contributed by atoms with Crippen molar-refractivity contribution in [3.05, 3.63) is 66.5 Å². The third kappa shape index (κ3) is 3.35. The molecule has 0 fully saturated rings. The monoisotopic (exact) mass is 373 g/mol. The molecule has 0 saturated heterocycles. The summed E-state index contributed by atoms with van der Waals surface area (Å²) >= 11 is 0. The van der Waals surface area contributed by atoms with Crippen LogP contribution in [-0.4, -0.2) is 43.6 Å². The zero-order valence-electron chi connectivity index (χ0n) is 15.3. The van der Waals surface area contributed by atoms with Gasteiger partial charge in [0.15, 0.2) is 28.6 Å². The number of Topliss-reactive ketones (excluding diaryl/α,β-unsaturated/α-hetero) is 1. The van der Waals surface area contributed by atoms with E-state index in [1.54, 1.807) is 18.5 Å². The van der Waals surface area contributed by atoms with Gasteiger partial charge in [-0.15, -0.1) is 0 Å². The van der Waals surface area contributed by atoms with Gasteiger partial charge in [0.05, 0.1) is 6.61 Å². The number of aliphatic hydroxyl groups is 1. The number of carbonyl (C=O) groups is 1. The van der Waals surface area contributed by atoms with Gasteiger partial charge in [0, 0.05) is 23.4 Å². The number of rotatable bonds is 6. The molecule has 140 valence electrons. The Morgan fingerprint density at radius 1 is 1.11 bits per heavy atom. The maximum atomic E-state index is 11.8. The number of nitrogens with zero attached hydrogens (tertiary/aromatic N) is 4. The Kier molecular flexibility index (Phi) is 4.82. The van der Waals surface area contributed by atoms with E-state index in [1.807, 2.05) is 47.0 Å². The summed E-state index contributed by atoms with van der Waals surface area (Å²) in [5.41, 5.74) is 3.53. The number of anilines is 1. The zero-order chi connectivity index (χ0) is 19.5. The van der Waals surface area contributed by atoms with E-state index >= 15 is 0 Å². The van der Waals surface area contributed by atoms with Crippen molar-refractivity contribution in [3.8, 4) is 17.1 Å². The van der Waals surface area contributed by atoms with Crippen molar-refractivity contribution in [2.75, 3.05) is 18.5 Å². The summed E-state index contributed by atoms with van der Waals surface area (Å²) in [5.74, 6) is 1.00. The second kappa shape index (κ2) is 7.58. The molecule has 7 nitrogen and oxygen atoms in total. The van der Waals surface area contributed by atoms with Crippen LogP contribution in [0.2, 0.25) is 0 Å². The van der Waals surface area contributed by atoms with Crippen LogP contribution in [0.1, 0.15) is 17.3 Å².